The van der Waals surface area contributed by atoms with E-state index in [1.54, 1.807) is 11.8 Å². The number of hydrogen-bond donors (Lipinski definition) is 1. The Morgan fingerprint density at radius 1 is 1.00 bits per heavy atom. The zero-order chi connectivity index (χ0) is 23.1. The fourth-order valence-corrected chi connectivity index (χ4v) is 6.73. The summed E-state index contributed by atoms with van der Waals surface area (Å²) in [7, 11) is 0. The second-order valence-corrected chi connectivity index (χ2v) is 11.6. The number of ether oxygens (including phenoxy) is 2. The highest BCUT2D eigenvalue weighted by atomic mass is 32.2. The predicted molar refractivity (Wildman–Crippen MR) is 134 cm³/mol. The van der Waals surface area contributed by atoms with Gasteiger partial charge in [-0.15, -0.1) is 11.8 Å². The number of fused-ring (bicyclic) bond motifs is 3. The van der Waals surface area contributed by atoms with Gasteiger partial charge in [0.2, 0.25) is 0 Å². The molecule has 0 bridgehead atoms. The third-order valence-electron chi connectivity index (χ3n) is 7.17. The SMILES string of the molecule is CC1(C)S[C@H]([C@](C)(O)c2ccccc2)O[C@H]2c3cccc(OCc4ccccc4)c3CC[C@H]21. The maximum absolute atomic E-state index is 11.6. The van der Waals surface area contributed by atoms with Crippen LogP contribution in [0.15, 0.2) is 78.9 Å². The number of rotatable bonds is 5. The van der Waals surface area contributed by atoms with Crippen LogP contribution in [-0.2, 0) is 23.4 Å². The third-order valence-corrected chi connectivity index (χ3v) is 8.87. The van der Waals surface area contributed by atoms with E-state index >= 15 is 0 Å². The van der Waals surface area contributed by atoms with Crippen molar-refractivity contribution in [1.82, 2.24) is 0 Å². The lowest BCUT2D eigenvalue weighted by Gasteiger charge is -2.52. The van der Waals surface area contributed by atoms with E-state index in [9.17, 15) is 5.11 Å². The van der Waals surface area contributed by atoms with Crippen LogP contribution >= 0.6 is 11.8 Å². The van der Waals surface area contributed by atoms with Gasteiger partial charge in [-0.25, -0.2) is 0 Å². The largest absolute Gasteiger partial charge is 0.489 e. The molecule has 3 aromatic carbocycles. The molecule has 1 heterocycles. The molecular weight excluding hydrogens is 428 g/mol. The molecule has 33 heavy (non-hydrogen) atoms. The summed E-state index contributed by atoms with van der Waals surface area (Å²) >= 11 is 1.76. The first-order valence-corrected chi connectivity index (χ1v) is 12.6. The van der Waals surface area contributed by atoms with E-state index in [2.05, 4.69) is 44.2 Å². The van der Waals surface area contributed by atoms with Gasteiger partial charge in [0.15, 0.2) is 0 Å². The van der Waals surface area contributed by atoms with Crippen LogP contribution in [0.1, 0.15) is 55.5 Å². The highest BCUT2D eigenvalue weighted by Crippen LogP contribution is 2.57. The van der Waals surface area contributed by atoms with Gasteiger partial charge in [0.1, 0.15) is 23.4 Å². The van der Waals surface area contributed by atoms with Gasteiger partial charge in [0, 0.05) is 10.7 Å². The molecule has 2 aliphatic rings. The molecule has 0 spiro atoms. The molecule has 3 aromatic rings. The molecule has 0 aromatic heterocycles. The first-order valence-electron chi connectivity index (χ1n) is 11.8. The van der Waals surface area contributed by atoms with Gasteiger partial charge in [0.05, 0.1) is 6.10 Å². The van der Waals surface area contributed by atoms with Crippen LogP contribution in [0.5, 0.6) is 5.75 Å². The molecule has 1 saturated heterocycles. The maximum Gasteiger partial charge on any atom is 0.137 e. The minimum Gasteiger partial charge on any atom is -0.489 e. The number of thioether (sulfide) groups is 1. The minimum absolute atomic E-state index is 0.0229. The summed E-state index contributed by atoms with van der Waals surface area (Å²) < 4.78 is 13.0. The second-order valence-electron chi connectivity index (χ2n) is 9.87. The van der Waals surface area contributed by atoms with E-state index in [-0.39, 0.29) is 16.3 Å². The van der Waals surface area contributed by atoms with Crippen LogP contribution in [0.4, 0.5) is 0 Å². The van der Waals surface area contributed by atoms with Crippen LogP contribution in [0, 0.1) is 5.92 Å². The lowest BCUT2D eigenvalue weighted by molar-refractivity contribution is -0.121. The quantitative estimate of drug-likeness (QED) is 0.463. The van der Waals surface area contributed by atoms with Gasteiger partial charge >= 0.3 is 0 Å². The molecule has 0 radical (unpaired) electrons. The molecular formula is C29H32O3S. The van der Waals surface area contributed by atoms with Crippen molar-refractivity contribution in [1.29, 1.82) is 0 Å². The van der Waals surface area contributed by atoms with E-state index in [0.717, 1.165) is 29.7 Å². The Bertz CT molecular complexity index is 1090. The van der Waals surface area contributed by atoms with Crippen LogP contribution in [-0.4, -0.2) is 15.3 Å². The fraction of sp³-hybridized carbons (Fsp3) is 0.379. The van der Waals surface area contributed by atoms with E-state index in [1.807, 2.05) is 55.5 Å². The molecule has 4 atom stereocenters. The predicted octanol–water partition coefficient (Wildman–Crippen LogP) is 6.64. The van der Waals surface area contributed by atoms with Crippen LogP contribution < -0.4 is 4.74 Å². The summed E-state index contributed by atoms with van der Waals surface area (Å²) in [5.41, 5.74) is 3.04. The van der Waals surface area contributed by atoms with Gasteiger partial charge in [-0.1, -0.05) is 86.6 Å². The Labute approximate surface area is 201 Å². The average Bonchev–Trinajstić information content (AvgIpc) is 2.83. The molecule has 1 aliphatic heterocycles. The van der Waals surface area contributed by atoms with Gasteiger partial charge in [-0.2, -0.15) is 0 Å². The zero-order valence-electron chi connectivity index (χ0n) is 19.5. The van der Waals surface area contributed by atoms with Gasteiger partial charge in [-0.3, -0.25) is 0 Å². The summed E-state index contributed by atoms with van der Waals surface area (Å²) in [5.74, 6) is 1.32. The van der Waals surface area contributed by atoms with Crippen molar-refractivity contribution in [2.45, 2.75) is 62.1 Å². The topological polar surface area (TPSA) is 38.7 Å². The standard InChI is InChI=1S/C29H32O3S/c1-28(2)24-18-17-22-23(15-10-16-25(22)31-19-20-11-6-4-7-12-20)26(24)32-27(33-28)29(3,30)21-13-8-5-9-14-21/h4-16,24,26-27,30H,17-19H2,1-3H3/t24-,26+,27-,29-/m1/s1. The van der Waals surface area contributed by atoms with Crippen molar-refractivity contribution in [3.63, 3.8) is 0 Å². The number of benzene rings is 3. The fourth-order valence-electron chi connectivity index (χ4n) is 5.22. The summed E-state index contributed by atoms with van der Waals surface area (Å²) in [6.07, 6.45) is 1.96. The van der Waals surface area contributed by atoms with E-state index in [1.165, 1.54) is 11.1 Å². The van der Waals surface area contributed by atoms with Gasteiger partial charge < -0.3 is 14.6 Å². The van der Waals surface area contributed by atoms with Crippen molar-refractivity contribution in [2.24, 2.45) is 5.92 Å². The minimum atomic E-state index is -1.09. The summed E-state index contributed by atoms with van der Waals surface area (Å²) in [6, 6.07) is 26.5. The van der Waals surface area contributed by atoms with Crippen LogP contribution in [0.3, 0.4) is 0 Å². The molecule has 3 nitrogen and oxygen atoms in total. The second kappa shape index (κ2) is 8.83. The maximum atomic E-state index is 11.6. The summed E-state index contributed by atoms with van der Waals surface area (Å²) in [6.45, 7) is 7.03. The van der Waals surface area contributed by atoms with Crippen LogP contribution in [0.2, 0.25) is 0 Å². The number of aliphatic hydroxyl groups is 1. The molecule has 1 aliphatic carbocycles. The Morgan fingerprint density at radius 2 is 1.70 bits per heavy atom. The molecule has 0 unspecified atom stereocenters. The lowest BCUT2D eigenvalue weighted by Crippen LogP contribution is -2.50. The van der Waals surface area contributed by atoms with Crippen molar-refractivity contribution >= 4 is 11.8 Å². The molecule has 1 N–H and O–H groups in total. The normalized spacial score (nSPS) is 25.4. The third kappa shape index (κ3) is 4.32. The molecule has 5 rings (SSSR count). The van der Waals surface area contributed by atoms with E-state index in [0.29, 0.717) is 12.5 Å². The lowest BCUT2D eigenvalue weighted by atomic mass is 9.75. The molecule has 0 amide bonds. The van der Waals surface area contributed by atoms with Crippen molar-refractivity contribution < 1.29 is 14.6 Å². The van der Waals surface area contributed by atoms with Gasteiger partial charge in [0.25, 0.3) is 0 Å². The summed E-state index contributed by atoms with van der Waals surface area (Å²) in [4.78, 5) is 0. The summed E-state index contributed by atoms with van der Waals surface area (Å²) in [5, 5.41) is 11.6. The molecule has 0 saturated carbocycles. The molecule has 172 valence electrons. The van der Waals surface area contributed by atoms with E-state index in [4.69, 9.17) is 9.47 Å². The first-order chi connectivity index (χ1) is 15.9. The van der Waals surface area contributed by atoms with Crippen molar-refractivity contribution in [2.75, 3.05) is 0 Å². The Balaban J connectivity index is 1.45. The van der Waals surface area contributed by atoms with Crippen molar-refractivity contribution in [3.8, 4) is 5.75 Å². The average molecular weight is 461 g/mol. The number of hydrogen-bond acceptors (Lipinski definition) is 4. The molecule has 1 fully saturated rings. The van der Waals surface area contributed by atoms with E-state index < -0.39 is 5.60 Å². The zero-order valence-corrected chi connectivity index (χ0v) is 20.3. The Hall–Kier alpha value is -2.27. The van der Waals surface area contributed by atoms with Crippen LogP contribution in [0.25, 0.3) is 0 Å². The monoisotopic (exact) mass is 460 g/mol. The first kappa shape index (κ1) is 22.5. The van der Waals surface area contributed by atoms with Crippen molar-refractivity contribution in [3.05, 3.63) is 101 Å². The highest BCUT2D eigenvalue weighted by molar-refractivity contribution is 8.01. The highest BCUT2D eigenvalue weighted by Gasteiger charge is 2.52. The Kier molecular flexibility index (Phi) is 6.02. The smallest absolute Gasteiger partial charge is 0.137 e. The Morgan fingerprint density at radius 3 is 2.42 bits per heavy atom. The van der Waals surface area contributed by atoms with Gasteiger partial charge in [-0.05, 0) is 48.1 Å². The molecule has 4 heteroatoms.